The summed E-state index contributed by atoms with van der Waals surface area (Å²) in [6.45, 7) is 2.45. The summed E-state index contributed by atoms with van der Waals surface area (Å²) in [6, 6.07) is 0.0774. The standard InChI is InChI=1S/C12H20N2O3/c1-7(6-13)4-11(15)14-8-2-3-10(14)9(5-8)12(16)17/h7-10H,2-6,13H2,1H3,(H,16,17). The molecular formula is C12H20N2O3. The van der Waals surface area contributed by atoms with Gasteiger partial charge in [0.05, 0.1) is 5.92 Å². The minimum absolute atomic E-state index is 0.0741. The number of hydrogen-bond donors (Lipinski definition) is 2. The van der Waals surface area contributed by atoms with Gasteiger partial charge in [-0.3, -0.25) is 9.59 Å². The maximum absolute atomic E-state index is 12.1. The van der Waals surface area contributed by atoms with E-state index in [1.54, 1.807) is 0 Å². The van der Waals surface area contributed by atoms with Gasteiger partial charge in [-0.1, -0.05) is 6.92 Å². The fourth-order valence-electron chi connectivity index (χ4n) is 3.13. The molecule has 0 radical (unpaired) electrons. The number of aliphatic carboxylic acids is 1. The minimum Gasteiger partial charge on any atom is -0.481 e. The molecule has 2 aliphatic heterocycles. The Bertz CT molecular complexity index is 332. The van der Waals surface area contributed by atoms with Crippen molar-refractivity contribution in [3.8, 4) is 0 Å². The Kier molecular flexibility index (Phi) is 3.38. The molecule has 0 saturated carbocycles. The molecule has 0 aromatic rings. The monoisotopic (exact) mass is 240 g/mol. The first kappa shape index (κ1) is 12.4. The number of carbonyl (C=O) groups excluding carboxylic acids is 1. The summed E-state index contributed by atoms with van der Waals surface area (Å²) < 4.78 is 0. The number of carboxylic acids is 1. The van der Waals surface area contributed by atoms with Gasteiger partial charge in [-0.15, -0.1) is 0 Å². The van der Waals surface area contributed by atoms with Gasteiger partial charge in [0, 0.05) is 18.5 Å². The van der Waals surface area contributed by atoms with Crippen molar-refractivity contribution in [2.45, 2.75) is 44.7 Å². The molecule has 5 nitrogen and oxygen atoms in total. The van der Waals surface area contributed by atoms with Crippen molar-refractivity contribution in [3.63, 3.8) is 0 Å². The van der Waals surface area contributed by atoms with Crippen LogP contribution >= 0.6 is 0 Å². The van der Waals surface area contributed by atoms with Gasteiger partial charge >= 0.3 is 5.97 Å². The number of carbonyl (C=O) groups is 2. The lowest BCUT2D eigenvalue weighted by Gasteiger charge is -2.24. The van der Waals surface area contributed by atoms with E-state index in [0.717, 1.165) is 12.8 Å². The largest absolute Gasteiger partial charge is 0.481 e. The number of fused-ring (bicyclic) bond motifs is 2. The highest BCUT2D eigenvalue weighted by Gasteiger charge is 2.51. The Morgan fingerprint density at radius 2 is 2.18 bits per heavy atom. The molecule has 2 bridgehead atoms. The number of hydrogen-bond acceptors (Lipinski definition) is 3. The summed E-state index contributed by atoms with van der Waals surface area (Å²) in [6.07, 6.45) is 2.86. The van der Waals surface area contributed by atoms with E-state index >= 15 is 0 Å². The second-order valence-corrected chi connectivity index (χ2v) is 5.32. The molecule has 2 rings (SSSR count). The average Bonchev–Trinajstić information content (AvgIpc) is 2.85. The molecule has 96 valence electrons. The van der Waals surface area contributed by atoms with Crippen LogP contribution in [0.5, 0.6) is 0 Å². The first-order valence-corrected chi connectivity index (χ1v) is 6.28. The Hall–Kier alpha value is -1.10. The minimum atomic E-state index is -0.762. The zero-order valence-electron chi connectivity index (χ0n) is 10.1. The van der Waals surface area contributed by atoms with E-state index in [2.05, 4.69) is 0 Å². The number of rotatable bonds is 4. The molecule has 2 fully saturated rings. The van der Waals surface area contributed by atoms with E-state index in [4.69, 9.17) is 10.8 Å². The van der Waals surface area contributed by atoms with Crippen molar-refractivity contribution in [2.75, 3.05) is 6.54 Å². The van der Waals surface area contributed by atoms with Crippen LogP contribution in [-0.2, 0) is 9.59 Å². The van der Waals surface area contributed by atoms with Gasteiger partial charge in [0.2, 0.25) is 5.91 Å². The van der Waals surface area contributed by atoms with Crippen molar-refractivity contribution in [2.24, 2.45) is 17.6 Å². The molecule has 2 saturated heterocycles. The Balaban J connectivity index is 2.03. The van der Waals surface area contributed by atoms with Gasteiger partial charge in [0.1, 0.15) is 0 Å². The highest BCUT2D eigenvalue weighted by atomic mass is 16.4. The van der Waals surface area contributed by atoms with E-state index in [1.807, 2.05) is 11.8 Å². The number of carboxylic acid groups (broad SMARTS) is 1. The molecule has 17 heavy (non-hydrogen) atoms. The third kappa shape index (κ3) is 2.16. The Morgan fingerprint density at radius 1 is 1.47 bits per heavy atom. The van der Waals surface area contributed by atoms with E-state index in [9.17, 15) is 9.59 Å². The van der Waals surface area contributed by atoms with Crippen molar-refractivity contribution >= 4 is 11.9 Å². The van der Waals surface area contributed by atoms with Crippen molar-refractivity contribution in [1.82, 2.24) is 4.90 Å². The molecule has 3 N–H and O–H groups in total. The van der Waals surface area contributed by atoms with Gasteiger partial charge in [-0.05, 0) is 31.7 Å². The summed E-state index contributed by atoms with van der Waals surface area (Å²) in [4.78, 5) is 25.0. The van der Waals surface area contributed by atoms with Crippen molar-refractivity contribution < 1.29 is 14.7 Å². The predicted octanol–water partition coefficient (Wildman–Crippen LogP) is 0.435. The topological polar surface area (TPSA) is 83.6 Å². The van der Waals surface area contributed by atoms with E-state index in [0.29, 0.717) is 19.4 Å². The molecule has 2 heterocycles. The maximum atomic E-state index is 12.1. The molecule has 0 aromatic carbocycles. The second kappa shape index (κ2) is 4.64. The highest BCUT2D eigenvalue weighted by Crippen LogP contribution is 2.42. The molecule has 4 atom stereocenters. The van der Waals surface area contributed by atoms with Crippen LogP contribution in [0.25, 0.3) is 0 Å². The fraction of sp³-hybridized carbons (Fsp3) is 0.833. The van der Waals surface area contributed by atoms with Crippen LogP contribution in [0.3, 0.4) is 0 Å². The van der Waals surface area contributed by atoms with E-state index in [1.165, 1.54) is 0 Å². The molecular weight excluding hydrogens is 220 g/mol. The number of nitrogens with two attached hydrogens (primary N) is 1. The summed E-state index contributed by atoms with van der Waals surface area (Å²) in [5, 5.41) is 9.10. The summed E-state index contributed by atoms with van der Waals surface area (Å²) in [5.74, 6) is -0.863. The van der Waals surface area contributed by atoms with E-state index in [-0.39, 0.29) is 29.8 Å². The average molecular weight is 240 g/mol. The van der Waals surface area contributed by atoms with Gasteiger partial charge < -0.3 is 15.7 Å². The number of nitrogens with zero attached hydrogens (tertiary/aromatic N) is 1. The fourth-order valence-corrected chi connectivity index (χ4v) is 3.13. The Labute approximate surface area is 101 Å². The smallest absolute Gasteiger partial charge is 0.308 e. The van der Waals surface area contributed by atoms with Gasteiger partial charge in [-0.25, -0.2) is 0 Å². The van der Waals surface area contributed by atoms with Crippen LogP contribution in [-0.4, -0.2) is 40.5 Å². The lowest BCUT2D eigenvalue weighted by atomic mass is 9.89. The van der Waals surface area contributed by atoms with Crippen LogP contribution in [0.4, 0.5) is 0 Å². The molecule has 0 aliphatic carbocycles. The van der Waals surface area contributed by atoms with Crippen molar-refractivity contribution in [3.05, 3.63) is 0 Å². The molecule has 5 heteroatoms. The molecule has 4 unspecified atom stereocenters. The zero-order valence-corrected chi connectivity index (χ0v) is 10.1. The van der Waals surface area contributed by atoms with Crippen LogP contribution in [0, 0.1) is 11.8 Å². The van der Waals surface area contributed by atoms with Gasteiger partial charge in [0.15, 0.2) is 0 Å². The normalized spacial score (nSPS) is 32.8. The summed E-state index contributed by atoms with van der Waals surface area (Å²) in [7, 11) is 0. The zero-order chi connectivity index (χ0) is 12.6. The second-order valence-electron chi connectivity index (χ2n) is 5.32. The first-order valence-electron chi connectivity index (χ1n) is 6.28. The Morgan fingerprint density at radius 3 is 2.71 bits per heavy atom. The van der Waals surface area contributed by atoms with Crippen LogP contribution < -0.4 is 5.73 Å². The van der Waals surface area contributed by atoms with Crippen LogP contribution in [0.15, 0.2) is 0 Å². The molecule has 0 aromatic heterocycles. The maximum Gasteiger partial charge on any atom is 0.308 e. The number of amides is 1. The SMILES string of the molecule is CC(CN)CC(=O)N1C2CCC1C(C(=O)O)C2. The third-order valence-corrected chi connectivity index (χ3v) is 4.07. The van der Waals surface area contributed by atoms with Crippen LogP contribution in [0.2, 0.25) is 0 Å². The molecule has 1 amide bonds. The van der Waals surface area contributed by atoms with E-state index < -0.39 is 5.97 Å². The lowest BCUT2D eigenvalue weighted by molar-refractivity contribution is -0.143. The first-order chi connectivity index (χ1) is 8.04. The highest BCUT2D eigenvalue weighted by molar-refractivity contribution is 5.80. The molecule has 2 aliphatic rings. The van der Waals surface area contributed by atoms with Crippen LogP contribution in [0.1, 0.15) is 32.6 Å². The predicted molar refractivity (Wildman–Crippen MR) is 62.2 cm³/mol. The summed E-state index contributed by atoms with van der Waals surface area (Å²) in [5.41, 5.74) is 5.51. The quantitative estimate of drug-likeness (QED) is 0.746. The molecule has 0 spiro atoms. The summed E-state index contributed by atoms with van der Waals surface area (Å²) >= 11 is 0. The third-order valence-electron chi connectivity index (χ3n) is 4.07. The van der Waals surface area contributed by atoms with Gasteiger partial charge in [-0.2, -0.15) is 0 Å². The van der Waals surface area contributed by atoms with Crippen molar-refractivity contribution in [1.29, 1.82) is 0 Å². The lowest BCUT2D eigenvalue weighted by Crippen LogP contribution is -2.39. The van der Waals surface area contributed by atoms with Gasteiger partial charge in [0.25, 0.3) is 0 Å².